The molecule has 1 aliphatic rings. The van der Waals surface area contributed by atoms with Gasteiger partial charge in [0.25, 0.3) is 0 Å². The Morgan fingerprint density at radius 2 is 1.61 bits per heavy atom. The first-order valence-electron chi connectivity index (χ1n) is 7.65. The lowest BCUT2D eigenvalue weighted by Gasteiger charge is -2.27. The molecule has 0 radical (unpaired) electrons. The van der Waals surface area contributed by atoms with E-state index < -0.39 is 0 Å². The largest absolute Gasteiger partial charge is 0.342 e. The fourth-order valence-corrected chi connectivity index (χ4v) is 2.65. The maximum atomic E-state index is 12.3. The van der Waals surface area contributed by atoms with Crippen molar-refractivity contribution in [3.05, 3.63) is 0 Å². The van der Waals surface area contributed by atoms with Crippen LogP contribution in [-0.4, -0.2) is 29.9 Å². The molecule has 0 spiro atoms. The van der Waals surface area contributed by atoms with Gasteiger partial charge in [-0.05, 0) is 32.6 Å². The van der Waals surface area contributed by atoms with Crippen LogP contribution in [0.3, 0.4) is 0 Å². The average molecular weight is 254 g/mol. The molecule has 1 heterocycles. The fraction of sp³-hybridized carbons (Fsp3) is 0.933. The van der Waals surface area contributed by atoms with Gasteiger partial charge < -0.3 is 10.6 Å². The van der Waals surface area contributed by atoms with Crippen molar-refractivity contribution in [2.24, 2.45) is 11.7 Å². The summed E-state index contributed by atoms with van der Waals surface area (Å²) in [6.45, 7) is 6.04. The van der Waals surface area contributed by atoms with Crippen molar-refractivity contribution in [2.75, 3.05) is 13.1 Å². The van der Waals surface area contributed by atoms with Gasteiger partial charge in [0.1, 0.15) is 0 Å². The first-order chi connectivity index (χ1) is 8.61. The standard InChI is InChI=1S/C15H30N2O/c1-13(9-8-10-14(2)16)15(18)17-11-6-4-3-5-7-12-17/h13-14H,3-12,16H2,1-2H3. The van der Waals surface area contributed by atoms with Gasteiger partial charge in [0, 0.05) is 25.0 Å². The van der Waals surface area contributed by atoms with Gasteiger partial charge >= 0.3 is 0 Å². The van der Waals surface area contributed by atoms with Crippen LogP contribution in [0.2, 0.25) is 0 Å². The van der Waals surface area contributed by atoms with E-state index in [0.29, 0.717) is 5.91 Å². The molecule has 1 amide bonds. The zero-order valence-corrected chi connectivity index (χ0v) is 12.2. The summed E-state index contributed by atoms with van der Waals surface area (Å²) in [5.41, 5.74) is 5.74. The number of likely N-dealkylation sites (tertiary alicyclic amines) is 1. The number of nitrogens with zero attached hydrogens (tertiary/aromatic N) is 1. The highest BCUT2D eigenvalue weighted by molar-refractivity contribution is 5.78. The van der Waals surface area contributed by atoms with Crippen LogP contribution in [0.4, 0.5) is 0 Å². The Morgan fingerprint density at radius 1 is 1.06 bits per heavy atom. The Balaban J connectivity index is 2.31. The molecular formula is C15H30N2O. The molecule has 1 rings (SSSR count). The molecule has 1 saturated heterocycles. The number of carbonyl (C=O) groups excluding carboxylic acids is 1. The molecule has 0 saturated carbocycles. The van der Waals surface area contributed by atoms with Crippen LogP contribution in [0.15, 0.2) is 0 Å². The third-order valence-electron chi connectivity index (χ3n) is 3.89. The molecule has 0 aromatic carbocycles. The van der Waals surface area contributed by atoms with E-state index in [1.54, 1.807) is 0 Å². The lowest BCUT2D eigenvalue weighted by molar-refractivity contribution is -0.135. The maximum Gasteiger partial charge on any atom is 0.225 e. The number of carbonyl (C=O) groups is 1. The van der Waals surface area contributed by atoms with Crippen molar-refractivity contribution in [1.29, 1.82) is 0 Å². The summed E-state index contributed by atoms with van der Waals surface area (Å²) in [6, 6.07) is 0.258. The molecule has 18 heavy (non-hydrogen) atoms. The molecule has 2 N–H and O–H groups in total. The average Bonchev–Trinajstić information content (AvgIpc) is 2.27. The Labute approximate surface area is 112 Å². The summed E-state index contributed by atoms with van der Waals surface area (Å²) in [5, 5.41) is 0. The molecule has 2 atom stereocenters. The lowest BCUT2D eigenvalue weighted by atomic mass is 9.99. The van der Waals surface area contributed by atoms with Crippen LogP contribution in [0, 0.1) is 5.92 Å². The minimum absolute atomic E-state index is 0.170. The van der Waals surface area contributed by atoms with Crippen molar-refractivity contribution in [1.82, 2.24) is 4.90 Å². The minimum atomic E-state index is 0.170. The minimum Gasteiger partial charge on any atom is -0.342 e. The van der Waals surface area contributed by atoms with E-state index in [1.807, 2.05) is 6.92 Å². The molecule has 3 heteroatoms. The van der Waals surface area contributed by atoms with Gasteiger partial charge in [-0.15, -0.1) is 0 Å². The Bertz CT molecular complexity index is 233. The highest BCUT2D eigenvalue weighted by Gasteiger charge is 2.20. The van der Waals surface area contributed by atoms with Crippen molar-refractivity contribution >= 4 is 5.91 Å². The topological polar surface area (TPSA) is 46.3 Å². The second-order valence-electron chi connectivity index (χ2n) is 5.90. The lowest BCUT2D eigenvalue weighted by Crippen LogP contribution is -2.37. The van der Waals surface area contributed by atoms with E-state index in [1.165, 1.54) is 32.1 Å². The summed E-state index contributed by atoms with van der Waals surface area (Å²) in [7, 11) is 0. The molecule has 3 nitrogen and oxygen atoms in total. The zero-order valence-electron chi connectivity index (χ0n) is 12.2. The highest BCUT2D eigenvalue weighted by atomic mass is 16.2. The normalized spacial score (nSPS) is 20.9. The number of amides is 1. The van der Waals surface area contributed by atoms with Gasteiger partial charge in [0.2, 0.25) is 5.91 Å². The number of hydrogen-bond donors (Lipinski definition) is 1. The van der Waals surface area contributed by atoms with Gasteiger partial charge in [-0.1, -0.05) is 32.6 Å². The first kappa shape index (κ1) is 15.5. The smallest absolute Gasteiger partial charge is 0.225 e. The molecule has 0 aromatic rings. The van der Waals surface area contributed by atoms with Crippen molar-refractivity contribution in [3.8, 4) is 0 Å². The third-order valence-corrected chi connectivity index (χ3v) is 3.89. The van der Waals surface area contributed by atoms with Crippen molar-refractivity contribution in [3.63, 3.8) is 0 Å². The van der Waals surface area contributed by atoms with E-state index in [4.69, 9.17) is 5.73 Å². The summed E-state index contributed by atoms with van der Waals surface area (Å²) in [5.74, 6) is 0.532. The van der Waals surface area contributed by atoms with Gasteiger partial charge in [-0.25, -0.2) is 0 Å². The number of hydrogen-bond acceptors (Lipinski definition) is 2. The van der Waals surface area contributed by atoms with Crippen LogP contribution in [0.5, 0.6) is 0 Å². The maximum absolute atomic E-state index is 12.3. The summed E-state index contributed by atoms with van der Waals surface area (Å²) < 4.78 is 0. The monoisotopic (exact) mass is 254 g/mol. The summed E-state index contributed by atoms with van der Waals surface area (Å²) >= 11 is 0. The molecular weight excluding hydrogens is 224 g/mol. The third kappa shape index (κ3) is 5.85. The molecule has 106 valence electrons. The predicted octanol–water partition coefficient (Wildman–Crippen LogP) is 2.93. The molecule has 0 aromatic heterocycles. The van der Waals surface area contributed by atoms with Crippen molar-refractivity contribution in [2.45, 2.75) is 71.3 Å². The van der Waals surface area contributed by atoms with Gasteiger partial charge in [-0.3, -0.25) is 4.79 Å². The Hall–Kier alpha value is -0.570. The second kappa shape index (κ2) is 8.52. The van der Waals surface area contributed by atoms with Crippen LogP contribution in [0.1, 0.15) is 65.2 Å². The van der Waals surface area contributed by atoms with E-state index >= 15 is 0 Å². The second-order valence-corrected chi connectivity index (χ2v) is 5.90. The van der Waals surface area contributed by atoms with Crippen molar-refractivity contribution < 1.29 is 4.79 Å². The Morgan fingerprint density at radius 3 is 2.17 bits per heavy atom. The van der Waals surface area contributed by atoms with E-state index in [9.17, 15) is 4.79 Å². The molecule has 1 aliphatic heterocycles. The number of nitrogens with two attached hydrogens (primary N) is 1. The van der Waals surface area contributed by atoms with E-state index in [2.05, 4.69) is 11.8 Å². The molecule has 2 unspecified atom stereocenters. The van der Waals surface area contributed by atoms with E-state index in [-0.39, 0.29) is 12.0 Å². The van der Waals surface area contributed by atoms with Gasteiger partial charge in [-0.2, -0.15) is 0 Å². The van der Waals surface area contributed by atoms with Gasteiger partial charge in [0.05, 0.1) is 0 Å². The first-order valence-corrected chi connectivity index (χ1v) is 7.65. The summed E-state index contributed by atoms with van der Waals surface area (Å²) in [6.07, 6.45) is 9.33. The van der Waals surface area contributed by atoms with E-state index in [0.717, 1.165) is 32.4 Å². The van der Waals surface area contributed by atoms with Crippen LogP contribution in [0.25, 0.3) is 0 Å². The zero-order chi connectivity index (χ0) is 13.4. The quantitative estimate of drug-likeness (QED) is 0.820. The SMILES string of the molecule is CC(N)CCCC(C)C(=O)N1CCCCCCC1. The fourth-order valence-electron chi connectivity index (χ4n) is 2.65. The molecule has 0 aliphatic carbocycles. The highest BCUT2D eigenvalue weighted by Crippen LogP contribution is 2.16. The molecule has 1 fully saturated rings. The van der Waals surface area contributed by atoms with Crippen LogP contribution >= 0.6 is 0 Å². The van der Waals surface area contributed by atoms with Crippen LogP contribution < -0.4 is 5.73 Å². The Kier molecular flexibility index (Phi) is 7.33. The molecule has 0 bridgehead atoms. The summed E-state index contributed by atoms with van der Waals surface area (Å²) in [4.78, 5) is 14.4. The van der Waals surface area contributed by atoms with Crippen LogP contribution in [-0.2, 0) is 4.79 Å². The van der Waals surface area contributed by atoms with Gasteiger partial charge in [0.15, 0.2) is 0 Å². The number of rotatable bonds is 5. The predicted molar refractivity (Wildman–Crippen MR) is 76.3 cm³/mol.